The van der Waals surface area contributed by atoms with Gasteiger partial charge < -0.3 is 19.6 Å². The Hall–Kier alpha value is -1.93. The van der Waals surface area contributed by atoms with Crippen molar-refractivity contribution in [1.82, 2.24) is 9.55 Å². The lowest BCUT2D eigenvalue weighted by atomic mass is 10.2. The van der Waals surface area contributed by atoms with Crippen molar-refractivity contribution in [2.24, 2.45) is 0 Å². The summed E-state index contributed by atoms with van der Waals surface area (Å²) in [5, 5.41) is 10.7. The molecule has 0 spiro atoms. The Morgan fingerprint density at radius 1 is 1.48 bits per heavy atom. The summed E-state index contributed by atoms with van der Waals surface area (Å²) in [5.41, 5.74) is 1.06. The molecule has 7 nitrogen and oxygen atoms in total. The Morgan fingerprint density at radius 3 is 2.95 bits per heavy atom. The fourth-order valence-electron chi connectivity index (χ4n) is 2.05. The monoisotopic (exact) mass is 353 g/mol. The minimum Gasteiger partial charge on any atom is -0.443 e. The van der Waals surface area contributed by atoms with Gasteiger partial charge in [0.2, 0.25) is 0 Å². The molecule has 8 heteroatoms. The van der Waals surface area contributed by atoms with Gasteiger partial charge in [-0.25, -0.2) is 0 Å². The zero-order chi connectivity index (χ0) is 14.8. The molecule has 0 aliphatic carbocycles. The first-order valence-corrected chi connectivity index (χ1v) is 7.11. The van der Waals surface area contributed by atoms with Crippen molar-refractivity contribution in [3.8, 4) is 6.01 Å². The van der Waals surface area contributed by atoms with E-state index in [2.05, 4.69) is 20.9 Å². The van der Waals surface area contributed by atoms with Crippen molar-refractivity contribution >= 4 is 21.7 Å². The second-order valence-corrected chi connectivity index (χ2v) is 5.58. The van der Waals surface area contributed by atoms with E-state index in [1.807, 2.05) is 24.3 Å². The van der Waals surface area contributed by atoms with Crippen LogP contribution >= 0.6 is 15.9 Å². The van der Waals surface area contributed by atoms with Crippen molar-refractivity contribution in [2.45, 2.75) is 19.3 Å². The number of hydrogen-bond donors (Lipinski definition) is 0. The number of imidazole rings is 1. The van der Waals surface area contributed by atoms with Crippen LogP contribution in [0.25, 0.3) is 0 Å². The topological polar surface area (TPSA) is 79.4 Å². The maximum absolute atomic E-state index is 10.7. The molecule has 1 atom stereocenters. The van der Waals surface area contributed by atoms with E-state index in [9.17, 15) is 10.1 Å². The van der Waals surface area contributed by atoms with E-state index >= 15 is 0 Å². The van der Waals surface area contributed by atoms with Crippen molar-refractivity contribution < 1.29 is 14.4 Å². The van der Waals surface area contributed by atoms with Crippen LogP contribution in [0.1, 0.15) is 5.56 Å². The van der Waals surface area contributed by atoms with Gasteiger partial charge in [0.25, 0.3) is 0 Å². The fourth-order valence-corrected chi connectivity index (χ4v) is 2.32. The molecule has 2 heterocycles. The summed E-state index contributed by atoms with van der Waals surface area (Å²) >= 11 is 3.38. The predicted octanol–water partition coefficient (Wildman–Crippen LogP) is 2.53. The summed E-state index contributed by atoms with van der Waals surface area (Å²) in [6.07, 6.45) is 1.21. The highest BCUT2D eigenvalue weighted by Gasteiger charge is 2.28. The van der Waals surface area contributed by atoms with Gasteiger partial charge in [-0.1, -0.05) is 28.1 Å². The van der Waals surface area contributed by atoms with Gasteiger partial charge in [-0.3, -0.25) is 4.57 Å². The molecule has 0 amide bonds. The van der Waals surface area contributed by atoms with E-state index in [-0.39, 0.29) is 17.9 Å². The lowest BCUT2D eigenvalue weighted by molar-refractivity contribution is -0.389. The normalized spacial score (nSPS) is 17.1. The van der Waals surface area contributed by atoms with Crippen LogP contribution in [0.15, 0.2) is 34.9 Å². The van der Waals surface area contributed by atoms with Crippen molar-refractivity contribution in [3.05, 3.63) is 50.6 Å². The van der Waals surface area contributed by atoms with Gasteiger partial charge in [0.15, 0.2) is 0 Å². The number of halogens is 1. The van der Waals surface area contributed by atoms with E-state index < -0.39 is 4.92 Å². The minimum atomic E-state index is -0.535. The number of ether oxygens (including phenoxy) is 2. The third-order valence-corrected chi connectivity index (χ3v) is 3.64. The second kappa shape index (κ2) is 5.82. The number of nitro groups is 1. The number of aromatic nitrogens is 2. The fraction of sp³-hybridized carbons (Fsp3) is 0.308. The van der Waals surface area contributed by atoms with Crippen LogP contribution in [0.4, 0.5) is 5.82 Å². The van der Waals surface area contributed by atoms with Crippen LogP contribution in [0.3, 0.4) is 0 Å². The third kappa shape index (κ3) is 3.22. The Balaban J connectivity index is 1.61. The molecule has 0 saturated heterocycles. The molecule has 1 aromatic heterocycles. The van der Waals surface area contributed by atoms with Crippen molar-refractivity contribution in [2.75, 3.05) is 6.61 Å². The molecule has 110 valence electrons. The molecular weight excluding hydrogens is 342 g/mol. The van der Waals surface area contributed by atoms with Crippen LogP contribution in [0.5, 0.6) is 6.01 Å². The van der Waals surface area contributed by atoms with Crippen LogP contribution in [0.2, 0.25) is 0 Å². The first-order chi connectivity index (χ1) is 10.1. The van der Waals surface area contributed by atoms with E-state index in [4.69, 9.17) is 9.47 Å². The zero-order valence-corrected chi connectivity index (χ0v) is 12.5. The van der Waals surface area contributed by atoms with Crippen molar-refractivity contribution in [1.29, 1.82) is 0 Å². The molecule has 0 bridgehead atoms. The van der Waals surface area contributed by atoms with Gasteiger partial charge in [0, 0.05) is 9.46 Å². The lowest BCUT2D eigenvalue weighted by Gasteiger charge is -2.22. The summed E-state index contributed by atoms with van der Waals surface area (Å²) in [4.78, 5) is 13.9. The molecule has 0 unspecified atom stereocenters. The SMILES string of the molecule is O=[N+]([O-])c1cn2c(n1)OC[C@@H](OCc1ccc(Br)cc1)C2. The molecule has 0 N–H and O–H groups in total. The van der Waals surface area contributed by atoms with Crippen LogP contribution in [-0.2, 0) is 17.9 Å². The summed E-state index contributed by atoms with van der Waals surface area (Å²) in [6.45, 7) is 1.30. The zero-order valence-electron chi connectivity index (χ0n) is 10.9. The first-order valence-electron chi connectivity index (χ1n) is 6.32. The average molecular weight is 354 g/mol. The van der Waals surface area contributed by atoms with E-state index in [1.54, 1.807) is 4.57 Å². The minimum absolute atomic E-state index is 0.157. The summed E-state index contributed by atoms with van der Waals surface area (Å²) in [5.74, 6) is -0.210. The van der Waals surface area contributed by atoms with E-state index in [0.29, 0.717) is 19.8 Å². The Kier molecular flexibility index (Phi) is 3.89. The van der Waals surface area contributed by atoms with E-state index in [0.717, 1.165) is 10.0 Å². The molecular formula is C13H12BrN3O4. The first kappa shape index (κ1) is 14.0. The largest absolute Gasteiger partial charge is 0.443 e. The Labute approximate surface area is 128 Å². The number of hydrogen-bond acceptors (Lipinski definition) is 5. The molecule has 3 rings (SSSR count). The maximum Gasteiger partial charge on any atom is 0.414 e. The molecule has 2 aromatic rings. The summed E-state index contributed by atoms with van der Waals surface area (Å²) in [7, 11) is 0. The second-order valence-electron chi connectivity index (χ2n) is 4.66. The van der Waals surface area contributed by atoms with Crippen LogP contribution in [-0.4, -0.2) is 27.2 Å². The van der Waals surface area contributed by atoms with Gasteiger partial charge in [-0.05, 0) is 22.6 Å². The number of fused-ring (bicyclic) bond motifs is 1. The summed E-state index contributed by atoms with van der Waals surface area (Å²) in [6, 6.07) is 8.12. The number of benzene rings is 1. The molecule has 0 radical (unpaired) electrons. The summed E-state index contributed by atoms with van der Waals surface area (Å²) < 4.78 is 13.8. The average Bonchev–Trinajstić information content (AvgIpc) is 2.90. The van der Waals surface area contributed by atoms with E-state index in [1.165, 1.54) is 6.20 Å². The van der Waals surface area contributed by atoms with Crippen molar-refractivity contribution in [3.63, 3.8) is 0 Å². The van der Waals surface area contributed by atoms with Gasteiger partial charge >= 0.3 is 11.8 Å². The molecule has 0 fully saturated rings. The molecule has 21 heavy (non-hydrogen) atoms. The highest BCUT2D eigenvalue weighted by Crippen LogP contribution is 2.22. The molecule has 1 aromatic carbocycles. The molecule has 0 saturated carbocycles. The smallest absolute Gasteiger partial charge is 0.414 e. The Morgan fingerprint density at radius 2 is 2.24 bits per heavy atom. The highest BCUT2D eigenvalue weighted by molar-refractivity contribution is 9.10. The van der Waals surface area contributed by atoms with Crippen LogP contribution in [0, 0.1) is 10.1 Å². The number of rotatable bonds is 4. The van der Waals surface area contributed by atoms with Gasteiger partial charge in [-0.15, -0.1) is 0 Å². The van der Waals surface area contributed by atoms with Gasteiger partial charge in [-0.2, -0.15) is 0 Å². The Bertz CT molecular complexity index is 656. The highest BCUT2D eigenvalue weighted by atomic mass is 79.9. The number of nitrogens with zero attached hydrogens (tertiary/aromatic N) is 3. The maximum atomic E-state index is 10.7. The standard InChI is InChI=1S/C13H12BrN3O4/c14-10-3-1-9(2-4-10)7-20-11-5-16-6-12(17(18)19)15-13(16)21-8-11/h1-4,6,11H,5,7-8H2/t11-/m0/s1. The molecule has 1 aliphatic heterocycles. The third-order valence-electron chi connectivity index (χ3n) is 3.11. The van der Waals surface area contributed by atoms with Crippen LogP contribution < -0.4 is 4.74 Å². The quantitative estimate of drug-likeness (QED) is 0.623. The predicted molar refractivity (Wildman–Crippen MR) is 77.1 cm³/mol. The lowest BCUT2D eigenvalue weighted by Crippen LogP contribution is -2.32. The van der Waals surface area contributed by atoms with Gasteiger partial charge in [0.05, 0.1) is 13.2 Å². The molecule has 1 aliphatic rings. The van der Waals surface area contributed by atoms with Gasteiger partial charge in [0.1, 0.15) is 18.9 Å².